The molecule has 3 saturated heterocycles. The number of hydrogen-bond acceptors (Lipinski definition) is 13. The maximum Gasteiger partial charge on any atom is 0.337 e. The third-order valence-corrected chi connectivity index (χ3v) is 20.9. The summed E-state index contributed by atoms with van der Waals surface area (Å²) in [6.07, 6.45) is 4.79. The lowest BCUT2D eigenvalue weighted by molar-refractivity contribution is -0.162. The lowest BCUT2D eigenvalue weighted by Crippen LogP contribution is -2.49. The van der Waals surface area contributed by atoms with Gasteiger partial charge in [-0.25, -0.2) is 9.59 Å². The minimum Gasteiger partial charge on any atom is -0.478 e. The number of methoxy groups -OCH3 is 1. The number of ether oxygens (including phenoxy) is 4. The molecule has 0 aromatic heterocycles. The van der Waals surface area contributed by atoms with Crippen molar-refractivity contribution in [3.05, 3.63) is 214 Å². The summed E-state index contributed by atoms with van der Waals surface area (Å²) < 4.78 is 22.2. The molecule has 3 aliphatic heterocycles. The molecule has 1 amide bonds. The molecule has 540 valence electrons. The van der Waals surface area contributed by atoms with Crippen molar-refractivity contribution in [2.45, 2.75) is 175 Å². The van der Waals surface area contributed by atoms with Crippen LogP contribution in [0.5, 0.6) is 0 Å². The van der Waals surface area contributed by atoms with Crippen molar-refractivity contribution < 1.29 is 52.8 Å². The van der Waals surface area contributed by atoms with Crippen molar-refractivity contribution >= 4 is 35.8 Å². The third kappa shape index (κ3) is 22.8. The van der Waals surface area contributed by atoms with Gasteiger partial charge < -0.3 is 44.5 Å². The zero-order chi connectivity index (χ0) is 73.4. The predicted octanol–water partition coefficient (Wildman–Crippen LogP) is 15.0. The fourth-order valence-electron chi connectivity index (χ4n) is 14.3. The monoisotopic (exact) mass is 1370 g/mol. The van der Waals surface area contributed by atoms with E-state index in [1.807, 2.05) is 159 Å². The number of carbonyl (C=O) groups is 6. The molecule has 3 aliphatic rings. The Morgan fingerprint density at radius 3 is 0.990 bits per heavy atom. The summed E-state index contributed by atoms with van der Waals surface area (Å²) >= 11 is 0. The number of aromatic carboxylic acids is 1. The van der Waals surface area contributed by atoms with E-state index in [0.717, 1.165) is 91.9 Å². The Bertz CT molecular complexity index is 3510. The number of likely N-dealkylation sites (tertiary alicyclic amines) is 3. The molecular weight excluding hydrogens is 1250 g/mol. The molecule has 0 radical (unpaired) electrons. The molecule has 9 rings (SSSR count). The highest BCUT2D eigenvalue weighted by Crippen LogP contribution is 2.43. The summed E-state index contributed by atoms with van der Waals surface area (Å²) in [5.74, 6) is -1.69. The number of hydrogen-bond donors (Lipinski definition) is 2. The highest BCUT2D eigenvalue weighted by atomic mass is 16.6. The molecule has 3 fully saturated rings. The Hall–Kier alpha value is -7.98. The lowest BCUT2D eigenvalue weighted by atomic mass is 9.67. The van der Waals surface area contributed by atoms with Gasteiger partial charge in [0.05, 0.1) is 36.0 Å². The molecule has 0 unspecified atom stereocenters. The molecule has 0 bridgehead atoms. The van der Waals surface area contributed by atoms with Crippen LogP contribution < -0.4 is 5.73 Å². The molecule has 6 aromatic rings. The molecule has 9 atom stereocenters. The number of carboxylic acids is 1. The van der Waals surface area contributed by atoms with Crippen LogP contribution in [-0.4, -0.2) is 138 Å². The molecule has 15 heteroatoms. The van der Waals surface area contributed by atoms with Gasteiger partial charge in [-0.05, 0) is 224 Å². The zero-order valence-corrected chi connectivity index (χ0v) is 62.6. The number of esters is 4. The number of piperidine rings is 3. The van der Waals surface area contributed by atoms with Crippen molar-refractivity contribution in [3.63, 3.8) is 0 Å². The van der Waals surface area contributed by atoms with Gasteiger partial charge in [0.1, 0.15) is 16.8 Å². The van der Waals surface area contributed by atoms with Gasteiger partial charge in [-0.15, -0.1) is 0 Å². The van der Waals surface area contributed by atoms with Crippen LogP contribution in [0.15, 0.2) is 164 Å². The predicted molar refractivity (Wildman–Crippen MR) is 397 cm³/mol. The lowest BCUT2D eigenvalue weighted by Gasteiger charge is -2.46. The fraction of sp³-hybridized carbons (Fsp3) is 0.506. The first-order chi connectivity index (χ1) is 47.0. The van der Waals surface area contributed by atoms with Gasteiger partial charge >= 0.3 is 29.8 Å². The van der Waals surface area contributed by atoms with Gasteiger partial charge in [0.25, 0.3) is 0 Å². The number of nitrogens with zero attached hydrogens (tertiary/aromatic N) is 3. The SMILES string of the molecule is COC(=O)c1cccc([C@]2(C)CCN(C[C@H](Cc3ccccc3)C(=O)OC(C)(C)C)C[C@@H]2C)c1.C[C@H]1CN(C[C@H](Cc2ccccc2)C(=O)OC(C)(C)C)CC[C@@]1(C)c1cccc(C(=O)O)c1.C[C@H]1CN(C[C@H](Cc2ccccc2)C(=O)OC(C)(C)C)CC[C@@]1(C)c1cccc(C(N)=O)c1. The second-order valence-corrected chi connectivity index (χ2v) is 32.1. The summed E-state index contributed by atoms with van der Waals surface area (Å²) in [6.45, 7) is 38.0. The molecule has 15 nitrogen and oxygen atoms in total. The minimum atomic E-state index is -0.897. The number of nitrogens with two attached hydrogens (primary N) is 1. The first-order valence-corrected chi connectivity index (χ1v) is 35.9. The summed E-state index contributed by atoms with van der Waals surface area (Å²) in [5, 5.41) is 9.40. The third-order valence-electron chi connectivity index (χ3n) is 20.9. The van der Waals surface area contributed by atoms with Crippen LogP contribution in [0.25, 0.3) is 0 Å². The van der Waals surface area contributed by atoms with Crippen LogP contribution in [-0.2, 0) is 68.8 Å². The van der Waals surface area contributed by atoms with E-state index >= 15 is 0 Å². The largest absolute Gasteiger partial charge is 0.478 e. The maximum absolute atomic E-state index is 13.1. The van der Waals surface area contributed by atoms with E-state index in [4.69, 9.17) is 24.7 Å². The second-order valence-electron chi connectivity index (χ2n) is 32.1. The molecule has 3 heterocycles. The Balaban J connectivity index is 0.000000211. The van der Waals surface area contributed by atoms with Crippen molar-refractivity contribution in [2.24, 2.45) is 41.2 Å². The Labute approximate surface area is 596 Å². The molecule has 0 aliphatic carbocycles. The van der Waals surface area contributed by atoms with Crippen molar-refractivity contribution in [1.82, 2.24) is 14.7 Å². The van der Waals surface area contributed by atoms with Crippen LogP contribution in [0.2, 0.25) is 0 Å². The number of benzene rings is 6. The van der Waals surface area contributed by atoms with E-state index in [2.05, 4.69) is 105 Å². The normalized spacial score (nSPS) is 22.4. The van der Waals surface area contributed by atoms with Gasteiger partial charge in [0.2, 0.25) is 5.91 Å². The van der Waals surface area contributed by atoms with Gasteiger partial charge in [-0.2, -0.15) is 0 Å². The van der Waals surface area contributed by atoms with E-state index in [1.54, 1.807) is 18.2 Å². The van der Waals surface area contributed by atoms with Crippen LogP contribution in [0.1, 0.15) is 188 Å². The Morgan fingerprint density at radius 1 is 0.440 bits per heavy atom. The van der Waals surface area contributed by atoms with E-state index in [9.17, 15) is 33.9 Å². The van der Waals surface area contributed by atoms with Crippen LogP contribution in [0.4, 0.5) is 0 Å². The van der Waals surface area contributed by atoms with Crippen LogP contribution in [0, 0.1) is 35.5 Å². The van der Waals surface area contributed by atoms with E-state index in [0.29, 0.717) is 73.3 Å². The number of primary amides is 1. The topological polar surface area (TPSA) is 195 Å². The summed E-state index contributed by atoms with van der Waals surface area (Å²) in [6, 6.07) is 53.3. The molecule has 0 spiro atoms. The highest BCUT2D eigenvalue weighted by Gasteiger charge is 2.43. The smallest absolute Gasteiger partial charge is 0.337 e. The quantitative estimate of drug-likeness (QED) is 0.0510. The van der Waals surface area contributed by atoms with E-state index in [1.165, 1.54) is 7.11 Å². The van der Waals surface area contributed by atoms with Crippen molar-refractivity contribution in [1.29, 1.82) is 0 Å². The second kappa shape index (κ2) is 34.6. The summed E-state index contributed by atoms with van der Waals surface area (Å²) in [4.78, 5) is 81.6. The molecule has 0 saturated carbocycles. The molecule has 6 aromatic carbocycles. The van der Waals surface area contributed by atoms with E-state index in [-0.39, 0.29) is 57.9 Å². The minimum absolute atomic E-state index is 0.0528. The first kappa shape index (κ1) is 79.3. The van der Waals surface area contributed by atoms with Crippen LogP contribution in [0.3, 0.4) is 0 Å². The average Bonchev–Trinajstić information content (AvgIpc) is 0.784. The Morgan fingerprint density at radius 2 is 0.720 bits per heavy atom. The summed E-state index contributed by atoms with van der Waals surface area (Å²) in [7, 11) is 1.41. The van der Waals surface area contributed by atoms with Crippen molar-refractivity contribution in [3.8, 4) is 0 Å². The van der Waals surface area contributed by atoms with Gasteiger partial charge in [-0.3, -0.25) is 19.2 Å². The van der Waals surface area contributed by atoms with E-state index < -0.39 is 28.7 Å². The number of amides is 1. The highest BCUT2D eigenvalue weighted by molar-refractivity contribution is 5.93. The molecular formula is C85H114N4O11. The Kier molecular flexibility index (Phi) is 27.4. The van der Waals surface area contributed by atoms with Crippen LogP contribution >= 0.6 is 0 Å². The number of rotatable bonds is 21. The summed E-state index contributed by atoms with van der Waals surface area (Å²) in [5.41, 5.74) is 12.0. The number of carbonyl (C=O) groups excluding carboxylic acids is 5. The standard InChI is InChI=1S/C29H39NO4.C28H38N2O3.C28H37NO4/c1-21-19-30(16-15-29(21,5)25-14-10-13-23(18-25)26(31)33-6)20-24(27(32)34-28(2,3)4)17-22-11-8-7-9-12-22;1-20-18-30(15-14-28(20,5)24-13-9-12-22(17-24)25(29)31)19-23(26(32)33-27(2,3)4)16-21-10-7-6-8-11-21;1-20-18-29(15-14-28(20,5)24-13-9-12-22(17-24)25(30)31)19-23(26(32)33-27(2,3)4)16-21-10-7-6-8-11-21/h7-14,18,21,24H,15-17,19-20H2,1-6H3;6-13,17,20,23H,14-16,18-19H2,1-5H3,(H2,29,31);6-13,17,20,23H,14-16,18-19H2,1-5H3,(H,30,31)/t21-,24-,29+;2*20-,23-,28+/m000/s1. The maximum atomic E-state index is 13.1. The average molecular weight is 1370 g/mol. The molecule has 3 N–H and O–H groups in total. The molecule has 100 heavy (non-hydrogen) atoms. The first-order valence-electron chi connectivity index (χ1n) is 35.9. The van der Waals surface area contributed by atoms with Gasteiger partial charge in [-0.1, -0.05) is 169 Å². The zero-order valence-electron chi connectivity index (χ0n) is 62.6. The fourth-order valence-corrected chi connectivity index (χ4v) is 14.3. The van der Waals surface area contributed by atoms with Gasteiger partial charge in [0, 0.05) is 44.8 Å². The number of carboxylic acid groups (broad SMARTS) is 1. The van der Waals surface area contributed by atoms with Gasteiger partial charge in [0.15, 0.2) is 0 Å². The van der Waals surface area contributed by atoms with Crippen molar-refractivity contribution in [2.75, 3.05) is 66.0 Å².